The van der Waals surface area contributed by atoms with Gasteiger partial charge in [0.1, 0.15) is 11.5 Å². The van der Waals surface area contributed by atoms with Gasteiger partial charge in [-0.25, -0.2) is 4.39 Å². The number of hydrogen-bond acceptors (Lipinski definition) is 3. The van der Waals surface area contributed by atoms with Crippen molar-refractivity contribution in [3.63, 3.8) is 0 Å². The summed E-state index contributed by atoms with van der Waals surface area (Å²) in [4.78, 5) is 22.2. The Labute approximate surface area is 135 Å². The van der Waals surface area contributed by atoms with Crippen molar-refractivity contribution >= 4 is 49.1 Å². The predicted octanol–water partition coefficient (Wildman–Crippen LogP) is 4.51. The van der Waals surface area contributed by atoms with Crippen LogP contribution in [0.1, 0.15) is 10.4 Å². The van der Waals surface area contributed by atoms with Gasteiger partial charge >= 0.3 is 0 Å². The number of nitrogens with one attached hydrogen (secondary N) is 1. The summed E-state index contributed by atoms with van der Waals surface area (Å²) in [5.74, 6) is -1.28. The molecular weight excluding hydrogens is 411 g/mol. The first-order valence-corrected chi connectivity index (χ1v) is 7.17. The maximum atomic E-state index is 13.0. The first-order chi connectivity index (χ1) is 9.86. The molecule has 108 valence electrons. The third-order valence-corrected chi connectivity index (χ3v) is 3.45. The van der Waals surface area contributed by atoms with E-state index in [-0.39, 0.29) is 5.69 Å². The second kappa shape index (κ2) is 6.31. The van der Waals surface area contributed by atoms with Crippen LogP contribution in [-0.2, 0) is 0 Å². The van der Waals surface area contributed by atoms with E-state index in [9.17, 15) is 19.3 Å². The molecule has 1 N–H and O–H groups in total. The Kier molecular flexibility index (Phi) is 4.69. The van der Waals surface area contributed by atoms with Crippen LogP contribution in [0.3, 0.4) is 0 Å². The molecule has 0 unspecified atom stereocenters. The first kappa shape index (κ1) is 15.6. The van der Waals surface area contributed by atoms with Crippen LogP contribution >= 0.6 is 31.9 Å². The van der Waals surface area contributed by atoms with Crippen LogP contribution in [0.5, 0.6) is 0 Å². The van der Waals surface area contributed by atoms with Gasteiger partial charge in [-0.05, 0) is 30.3 Å². The van der Waals surface area contributed by atoms with E-state index < -0.39 is 22.3 Å². The molecule has 0 aliphatic rings. The quantitative estimate of drug-likeness (QED) is 0.589. The van der Waals surface area contributed by atoms with E-state index in [2.05, 4.69) is 37.2 Å². The molecule has 2 aromatic carbocycles. The largest absolute Gasteiger partial charge is 0.316 e. The van der Waals surface area contributed by atoms with Crippen LogP contribution in [0.15, 0.2) is 45.3 Å². The van der Waals surface area contributed by atoms with E-state index in [1.165, 1.54) is 0 Å². The maximum Gasteiger partial charge on any atom is 0.295 e. The Hall–Kier alpha value is -1.80. The van der Waals surface area contributed by atoms with E-state index in [1.807, 2.05) is 0 Å². The number of halogens is 3. The summed E-state index contributed by atoms with van der Waals surface area (Å²) in [6.45, 7) is 0. The number of nitro groups is 1. The van der Waals surface area contributed by atoms with E-state index in [0.29, 0.717) is 14.5 Å². The van der Waals surface area contributed by atoms with E-state index in [4.69, 9.17) is 0 Å². The van der Waals surface area contributed by atoms with E-state index >= 15 is 0 Å². The van der Waals surface area contributed by atoms with Crippen LogP contribution in [-0.4, -0.2) is 10.8 Å². The van der Waals surface area contributed by atoms with Gasteiger partial charge in [0.25, 0.3) is 11.6 Å². The summed E-state index contributed by atoms with van der Waals surface area (Å²) in [5, 5.41) is 13.3. The van der Waals surface area contributed by atoms with E-state index in [0.717, 1.165) is 18.2 Å². The highest BCUT2D eigenvalue weighted by Crippen LogP contribution is 2.26. The predicted molar refractivity (Wildman–Crippen MR) is 82.8 cm³/mol. The first-order valence-electron chi connectivity index (χ1n) is 5.58. The van der Waals surface area contributed by atoms with Crippen molar-refractivity contribution in [3.05, 3.63) is 66.8 Å². The van der Waals surface area contributed by atoms with Crippen molar-refractivity contribution in [2.24, 2.45) is 0 Å². The van der Waals surface area contributed by atoms with Gasteiger partial charge in [-0.15, -0.1) is 0 Å². The zero-order chi connectivity index (χ0) is 15.6. The molecule has 0 aliphatic carbocycles. The van der Waals surface area contributed by atoms with Crippen molar-refractivity contribution in [1.29, 1.82) is 0 Å². The number of carbonyl (C=O) groups excluding carboxylic acids is 1. The number of anilines is 1. The number of carbonyl (C=O) groups is 1. The number of amides is 1. The van der Waals surface area contributed by atoms with Crippen LogP contribution in [0.2, 0.25) is 0 Å². The Morgan fingerprint density at radius 1 is 1.14 bits per heavy atom. The van der Waals surface area contributed by atoms with Gasteiger partial charge in [0, 0.05) is 14.5 Å². The molecule has 0 heterocycles. The lowest BCUT2D eigenvalue weighted by molar-refractivity contribution is -0.384. The summed E-state index contributed by atoms with van der Waals surface area (Å²) in [5.41, 5.74) is -0.269. The van der Waals surface area contributed by atoms with Crippen molar-refractivity contribution < 1.29 is 14.1 Å². The van der Waals surface area contributed by atoms with Crippen molar-refractivity contribution in [2.45, 2.75) is 0 Å². The van der Waals surface area contributed by atoms with Crippen molar-refractivity contribution in [3.8, 4) is 0 Å². The minimum atomic E-state index is -0.754. The fourth-order valence-electron chi connectivity index (χ4n) is 1.64. The smallest absolute Gasteiger partial charge is 0.295 e. The zero-order valence-electron chi connectivity index (χ0n) is 10.3. The molecule has 0 radical (unpaired) electrons. The highest BCUT2D eigenvalue weighted by Gasteiger charge is 2.18. The molecule has 2 rings (SSSR count). The average Bonchev–Trinajstić information content (AvgIpc) is 2.39. The molecule has 0 bridgehead atoms. The monoisotopic (exact) mass is 416 g/mol. The summed E-state index contributed by atoms with van der Waals surface area (Å²) >= 11 is 6.49. The third-order valence-electron chi connectivity index (χ3n) is 2.53. The van der Waals surface area contributed by atoms with Gasteiger partial charge < -0.3 is 5.32 Å². The lowest BCUT2D eigenvalue weighted by Gasteiger charge is -2.07. The lowest BCUT2D eigenvalue weighted by Crippen LogP contribution is -2.13. The highest BCUT2D eigenvalue weighted by atomic mass is 79.9. The molecule has 0 saturated carbocycles. The van der Waals surface area contributed by atoms with Crippen molar-refractivity contribution in [1.82, 2.24) is 0 Å². The second-order valence-electron chi connectivity index (χ2n) is 4.03. The molecule has 21 heavy (non-hydrogen) atoms. The van der Waals surface area contributed by atoms with Gasteiger partial charge in [0.15, 0.2) is 0 Å². The SMILES string of the molecule is O=C(Nc1ccc(F)cc1[N+](=O)[O-])c1cc(Br)cc(Br)c1. The third kappa shape index (κ3) is 3.85. The number of nitro benzene ring substituents is 1. The zero-order valence-corrected chi connectivity index (χ0v) is 13.4. The van der Waals surface area contributed by atoms with E-state index in [1.54, 1.807) is 18.2 Å². The number of rotatable bonds is 3. The topological polar surface area (TPSA) is 72.2 Å². The normalized spacial score (nSPS) is 10.2. The van der Waals surface area contributed by atoms with Gasteiger partial charge in [-0.1, -0.05) is 31.9 Å². The fraction of sp³-hybridized carbons (Fsp3) is 0. The Morgan fingerprint density at radius 3 is 2.33 bits per heavy atom. The molecule has 0 saturated heterocycles. The van der Waals surface area contributed by atoms with Gasteiger partial charge in [0.2, 0.25) is 0 Å². The molecule has 0 aromatic heterocycles. The molecular formula is C13H7Br2FN2O3. The van der Waals surface area contributed by atoms with Gasteiger partial charge in [0.05, 0.1) is 11.0 Å². The summed E-state index contributed by atoms with van der Waals surface area (Å²) in [6, 6.07) is 7.83. The van der Waals surface area contributed by atoms with Crippen LogP contribution in [0.25, 0.3) is 0 Å². The summed E-state index contributed by atoms with van der Waals surface area (Å²) < 4.78 is 14.4. The lowest BCUT2D eigenvalue weighted by atomic mass is 10.2. The average molecular weight is 418 g/mol. The minimum Gasteiger partial charge on any atom is -0.316 e. The van der Waals surface area contributed by atoms with Crippen LogP contribution in [0.4, 0.5) is 15.8 Å². The Balaban J connectivity index is 2.33. The highest BCUT2D eigenvalue weighted by molar-refractivity contribution is 9.11. The second-order valence-corrected chi connectivity index (χ2v) is 5.86. The van der Waals surface area contributed by atoms with Crippen molar-refractivity contribution in [2.75, 3.05) is 5.32 Å². The Bertz CT molecular complexity index is 717. The standard InChI is InChI=1S/C13H7Br2FN2O3/c14-8-3-7(4-9(15)5-8)13(19)17-11-2-1-10(16)6-12(11)18(20)21/h1-6H,(H,17,19). The Morgan fingerprint density at radius 2 is 1.76 bits per heavy atom. The molecule has 0 fully saturated rings. The molecule has 8 heteroatoms. The van der Waals surface area contributed by atoms with Gasteiger partial charge in [-0.2, -0.15) is 0 Å². The maximum absolute atomic E-state index is 13.0. The molecule has 0 spiro atoms. The number of nitrogens with zero attached hydrogens (tertiary/aromatic N) is 1. The summed E-state index contributed by atoms with van der Waals surface area (Å²) in [6.07, 6.45) is 0. The molecule has 0 atom stereocenters. The van der Waals surface area contributed by atoms with Crippen LogP contribution < -0.4 is 5.32 Å². The summed E-state index contributed by atoms with van der Waals surface area (Å²) in [7, 11) is 0. The molecule has 5 nitrogen and oxygen atoms in total. The number of benzene rings is 2. The van der Waals surface area contributed by atoms with Gasteiger partial charge in [-0.3, -0.25) is 14.9 Å². The van der Waals surface area contributed by atoms with Crippen LogP contribution in [0, 0.1) is 15.9 Å². The molecule has 2 aromatic rings. The molecule has 1 amide bonds. The number of hydrogen-bond donors (Lipinski definition) is 1. The fourth-order valence-corrected chi connectivity index (χ4v) is 2.93. The molecule has 0 aliphatic heterocycles. The minimum absolute atomic E-state index is 0.0671.